The van der Waals surface area contributed by atoms with E-state index < -0.39 is 0 Å². The monoisotopic (exact) mass is 350 g/mol. The Hall–Kier alpha value is -2.99. The zero-order valence-electron chi connectivity index (χ0n) is 15.2. The van der Waals surface area contributed by atoms with E-state index in [1.807, 2.05) is 49.6 Å². The molecule has 3 rings (SSSR count). The standard InChI is InChI=1S/C20H22N4O2/c1-14-23-19(11-20(24-14)22-8-9-25-2)17-10-16(12-21-13-17)15-4-6-18(26-3)7-5-15/h4-7,10-13H,8-9H2,1-3H3,(H,22,23,24). The van der Waals surface area contributed by atoms with Crippen molar-refractivity contribution >= 4 is 5.82 Å². The molecule has 3 aromatic rings. The summed E-state index contributed by atoms with van der Waals surface area (Å²) in [6.45, 7) is 3.19. The molecular formula is C20H22N4O2. The highest BCUT2D eigenvalue weighted by Gasteiger charge is 2.07. The molecule has 0 saturated carbocycles. The molecule has 0 saturated heterocycles. The molecule has 1 N–H and O–H groups in total. The quantitative estimate of drug-likeness (QED) is 0.657. The van der Waals surface area contributed by atoms with Gasteiger partial charge in [0.05, 0.1) is 19.4 Å². The minimum absolute atomic E-state index is 0.618. The van der Waals surface area contributed by atoms with E-state index in [1.54, 1.807) is 14.2 Å². The van der Waals surface area contributed by atoms with E-state index in [0.717, 1.165) is 34.0 Å². The highest BCUT2D eigenvalue weighted by molar-refractivity contribution is 5.71. The molecule has 0 fully saturated rings. The average Bonchev–Trinajstić information content (AvgIpc) is 2.68. The van der Waals surface area contributed by atoms with E-state index in [4.69, 9.17) is 9.47 Å². The minimum Gasteiger partial charge on any atom is -0.497 e. The maximum atomic E-state index is 5.22. The van der Waals surface area contributed by atoms with Gasteiger partial charge >= 0.3 is 0 Å². The van der Waals surface area contributed by atoms with Crippen LogP contribution in [0.15, 0.2) is 48.8 Å². The van der Waals surface area contributed by atoms with Crippen molar-refractivity contribution in [3.63, 3.8) is 0 Å². The van der Waals surface area contributed by atoms with Crippen molar-refractivity contribution in [2.24, 2.45) is 0 Å². The van der Waals surface area contributed by atoms with Gasteiger partial charge in [0.2, 0.25) is 0 Å². The molecule has 0 unspecified atom stereocenters. The third kappa shape index (κ3) is 4.34. The number of ether oxygens (including phenoxy) is 2. The van der Waals surface area contributed by atoms with Gasteiger partial charge in [0.1, 0.15) is 17.4 Å². The van der Waals surface area contributed by atoms with Crippen LogP contribution in [0.4, 0.5) is 5.82 Å². The lowest BCUT2D eigenvalue weighted by molar-refractivity contribution is 0.210. The summed E-state index contributed by atoms with van der Waals surface area (Å²) in [5.41, 5.74) is 3.87. The summed E-state index contributed by atoms with van der Waals surface area (Å²) in [6, 6.07) is 11.9. The molecule has 2 aromatic heterocycles. The first-order valence-corrected chi connectivity index (χ1v) is 8.38. The normalized spacial score (nSPS) is 10.6. The van der Waals surface area contributed by atoms with Gasteiger partial charge in [-0.05, 0) is 30.7 Å². The Morgan fingerprint density at radius 2 is 1.69 bits per heavy atom. The summed E-state index contributed by atoms with van der Waals surface area (Å²) in [5, 5.41) is 3.25. The number of methoxy groups -OCH3 is 2. The predicted molar refractivity (Wildman–Crippen MR) is 102 cm³/mol. The van der Waals surface area contributed by atoms with Crippen LogP contribution >= 0.6 is 0 Å². The third-order valence-electron chi connectivity index (χ3n) is 3.91. The van der Waals surface area contributed by atoms with Gasteiger partial charge in [-0.15, -0.1) is 0 Å². The zero-order chi connectivity index (χ0) is 18.4. The van der Waals surface area contributed by atoms with E-state index in [1.165, 1.54) is 0 Å². The second kappa shape index (κ2) is 8.40. The van der Waals surface area contributed by atoms with Crippen LogP contribution in [0, 0.1) is 6.92 Å². The first-order chi connectivity index (χ1) is 12.7. The lowest BCUT2D eigenvalue weighted by atomic mass is 10.0. The number of hydrogen-bond donors (Lipinski definition) is 1. The number of aryl methyl sites for hydroxylation is 1. The van der Waals surface area contributed by atoms with Crippen LogP contribution in [0.5, 0.6) is 5.75 Å². The molecule has 0 aliphatic carbocycles. The fraction of sp³-hybridized carbons (Fsp3) is 0.250. The smallest absolute Gasteiger partial charge is 0.130 e. The molecule has 6 heteroatoms. The van der Waals surface area contributed by atoms with E-state index >= 15 is 0 Å². The topological polar surface area (TPSA) is 69.2 Å². The van der Waals surface area contributed by atoms with Gasteiger partial charge in [0.25, 0.3) is 0 Å². The van der Waals surface area contributed by atoms with Gasteiger partial charge in [-0.1, -0.05) is 12.1 Å². The van der Waals surface area contributed by atoms with E-state index in [9.17, 15) is 0 Å². The van der Waals surface area contributed by atoms with Gasteiger partial charge < -0.3 is 14.8 Å². The van der Waals surface area contributed by atoms with Crippen molar-refractivity contribution in [2.75, 3.05) is 32.7 Å². The molecule has 0 amide bonds. The van der Waals surface area contributed by atoms with Crippen molar-refractivity contribution in [3.05, 3.63) is 54.6 Å². The lowest BCUT2D eigenvalue weighted by Gasteiger charge is -2.09. The number of nitrogens with one attached hydrogen (secondary N) is 1. The zero-order valence-corrected chi connectivity index (χ0v) is 15.2. The Balaban J connectivity index is 1.89. The Bertz CT molecular complexity index is 866. The number of rotatable bonds is 7. The van der Waals surface area contributed by atoms with Crippen LogP contribution in [0.1, 0.15) is 5.82 Å². The summed E-state index contributed by atoms with van der Waals surface area (Å²) in [7, 11) is 3.33. The van der Waals surface area contributed by atoms with Gasteiger partial charge in [-0.25, -0.2) is 9.97 Å². The van der Waals surface area contributed by atoms with Gasteiger partial charge in [-0.3, -0.25) is 4.98 Å². The largest absolute Gasteiger partial charge is 0.497 e. The third-order valence-corrected chi connectivity index (χ3v) is 3.91. The van der Waals surface area contributed by atoms with Crippen LogP contribution in [0.3, 0.4) is 0 Å². The highest BCUT2D eigenvalue weighted by atomic mass is 16.5. The maximum absolute atomic E-state index is 5.22. The highest BCUT2D eigenvalue weighted by Crippen LogP contribution is 2.26. The van der Waals surface area contributed by atoms with Crippen LogP contribution in [0.25, 0.3) is 22.4 Å². The summed E-state index contributed by atoms with van der Waals surface area (Å²) < 4.78 is 10.3. The Morgan fingerprint density at radius 1 is 0.923 bits per heavy atom. The SMILES string of the molecule is COCCNc1cc(-c2cncc(-c3ccc(OC)cc3)c2)nc(C)n1. The minimum atomic E-state index is 0.618. The molecule has 134 valence electrons. The first-order valence-electron chi connectivity index (χ1n) is 8.38. The van der Waals surface area contributed by atoms with Crippen molar-refractivity contribution in [1.82, 2.24) is 15.0 Å². The molecule has 0 aliphatic rings. The Labute approximate surface area is 153 Å². The van der Waals surface area contributed by atoms with E-state index in [2.05, 4.69) is 26.3 Å². The number of benzene rings is 1. The van der Waals surface area contributed by atoms with Crippen LogP contribution in [-0.2, 0) is 4.74 Å². The number of nitrogens with zero attached hydrogens (tertiary/aromatic N) is 3. The van der Waals surface area contributed by atoms with Crippen molar-refractivity contribution < 1.29 is 9.47 Å². The molecule has 0 bridgehead atoms. The van der Waals surface area contributed by atoms with Crippen LogP contribution < -0.4 is 10.1 Å². The van der Waals surface area contributed by atoms with Gasteiger partial charge in [-0.2, -0.15) is 0 Å². The molecule has 0 aliphatic heterocycles. The fourth-order valence-electron chi connectivity index (χ4n) is 2.61. The number of pyridine rings is 1. The molecule has 26 heavy (non-hydrogen) atoms. The van der Waals surface area contributed by atoms with Crippen molar-refractivity contribution in [1.29, 1.82) is 0 Å². The number of anilines is 1. The number of hydrogen-bond acceptors (Lipinski definition) is 6. The summed E-state index contributed by atoms with van der Waals surface area (Å²) in [5.74, 6) is 2.31. The molecule has 6 nitrogen and oxygen atoms in total. The van der Waals surface area contributed by atoms with Gasteiger partial charge in [0, 0.05) is 43.2 Å². The fourth-order valence-corrected chi connectivity index (χ4v) is 2.61. The second-order valence-corrected chi connectivity index (χ2v) is 5.80. The Morgan fingerprint density at radius 3 is 2.42 bits per heavy atom. The molecule has 0 atom stereocenters. The molecular weight excluding hydrogens is 328 g/mol. The predicted octanol–water partition coefficient (Wildman–Crippen LogP) is 3.58. The van der Waals surface area contributed by atoms with Gasteiger partial charge in [0.15, 0.2) is 0 Å². The molecule has 0 spiro atoms. The first kappa shape index (κ1) is 17.8. The molecule has 1 aromatic carbocycles. The molecule has 0 radical (unpaired) electrons. The number of aromatic nitrogens is 3. The lowest BCUT2D eigenvalue weighted by Crippen LogP contribution is -2.09. The van der Waals surface area contributed by atoms with Crippen molar-refractivity contribution in [3.8, 4) is 28.1 Å². The van der Waals surface area contributed by atoms with Crippen LogP contribution in [0.2, 0.25) is 0 Å². The summed E-state index contributed by atoms with van der Waals surface area (Å²) in [6.07, 6.45) is 3.66. The Kier molecular flexibility index (Phi) is 5.76. The van der Waals surface area contributed by atoms with Crippen molar-refractivity contribution in [2.45, 2.75) is 6.92 Å². The average molecular weight is 350 g/mol. The molecule has 2 heterocycles. The maximum Gasteiger partial charge on any atom is 0.130 e. The van der Waals surface area contributed by atoms with Crippen LogP contribution in [-0.4, -0.2) is 42.3 Å². The summed E-state index contributed by atoms with van der Waals surface area (Å²) >= 11 is 0. The second-order valence-electron chi connectivity index (χ2n) is 5.80. The van der Waals surface area contributed by atoms with E-state index in [0.29, 0.717) is 19.0 Å². The van der Waals surface area contributed by atoms with E-state index in [-0.39, 0.29) is 0 Å². The summed E-state index contributed by atoms with van der Waals surface area (Å²) in [4.78, 5) is 13.4.